The molecule has 1 atom stereocenters. The molecule has 1 aliphatic heterocycles. The summed E-state index contributed by atoms with van der Waals surface area (Å²) in [5.74, 6) is -0.125. The van der Waals surface area contributed by atoms with Gasteiger partial charge in [-0.15, -0.1) is 0 Å². The minimum Gasteiger partial charge on any atom is -0.354 e. The first kappa shape index (κ1) is 13.4. The summed E-state index contributed by atoms with van der Waals surface area (Å²) in [5.41, 5.74) is 7.17. The first-order chi connectivity index (χ1) is 9.19. The monoisotopic (exact) mass is 262 g/mol. The van der Waals surface area contributed by atoms with E-state index in [9.17, 15) is 9.59 Å². The molecule has 102 valence electrons. The smallest absolute Gasteiger partial charge is 0.319 e. The lowest BCUT2D eigenvalue weighted by Gasteiger charge is -2.22. The van der Waals surface area contributed by atoms with Crippen LogP contribution in [0.15, 0.2) is 24.3 Å². The molecule has 0 saturated carbocycles. The van der Waals surface area contributed by atoms with Crippen LogP contribution in [-0.2, 0) is 11.3 Å². The van der Waals surface area contributed by atoms with Gasteiger partial charge in [0, 0.05) is 18.8 Å². The van der Waals surface area contributed by atoms with Gasteiger partial charge in [-0.3, -0.25) is 4.79 Å². The van der Waals surface area contributed by atoms with Gasteiger partial charge in [-0.25, -0.2) is 4.79 Å². The molecule has 2 rings (SSSR count). The Morgan fingerprint density at radius 2 is 2.11 bits per heavy atom. The van der Waals surface area contributed by atoms with Crippen molar-refractivity contribution in [2.75, 3.05) is 11.9 Å². The van der Waals surface area contributed by atoms with E-state index in [4.69, 9.17) is 5.73 Å². The van der Waals surface area contributed by atoms with Crippen LogP contribution in [0.5, 0.6) is 0 Å². The molecule has 0 radical (unpaired) electrons. The summed E-state index contributed by atoms with van der Waals surface area (Å²) in [4.78, 5) is 23.3. The van der Waals surface area contributed by atoms with Gasteiger partial charge in [-0.2, -0.15) is 0 Å². The zero-order valence-corrected chi connectivity index (χ0v) is 10.6. The van der Waals surface area contributed by atoms with Gasteiger partial charge < -0.3 is 21.7 Å². The predicted octanol–water partition coefficient (Wildman–Crippen LogP) is 0.545. The van der Waals surface area contributed by atoms with Crippen molar-refractivity contribution < 1.29 is 9.59 Å². The van der Waals surface area contributed by atoms with Crippen molar-refractivity contribution in [2.45, 2.75) is 25.4 Å². The molecule has 5 N–H and O–H groups in total. The topological polar surface area (TPSA) is 96.2 Å². The van der Waals surface area contributed by atoms with Crippen molar-refractivity contribution in [2.24, 2.45) is 5.73 Å². The van der Waals surface area contributed by atoms with Gasteiger partial charge >= 0.3 is 6.03 Å². The standard InChI is InChI=1S/C13H18N4O2/c14-8-9-3-5-10(6-4-9)16-13(19)17-11-2-1-7-15-12(11)18/h3-6,11H,1-2,7-8,14H2,(H,15,18)(H2,16,17,19). The van der Waals surface area contributed by atoms with Gasteiger partial charge in [0.25, 0.3) is 0 Å². The van der Waals surface area contributed by atoms with E-state index in [1.54, 1.807) is 12.1 Å². The molecule has 0 bridgehead atoms. The first-order valence-corrected chi connectivity index (χ1v) is 6.33. The number of nitrogens with one attached hydrogen (secondary N) is 3. The zero-order valence-electron chi connectivity index (χ0n) is 10.6. The summed E-state index contributed by atoms with van der Waals surface area (Å²) < 4.78 is 0. The van der Waals surface area contributed by atoms with Gasteiger partial charge in [0.2, 0.25) is 5.91 Å². The number of hydrogen-bond acceptors (Lipinski definition) is 3. The third-order valence-electron chi connectivity index (χ3n) is 3.04. The largest absolute Gasteiger partial charge is 0.354 e. The highest BCUT2D eigenvalue weighted by molar-refractivity contribution is 5.93. The highest BCUT2D eigenvalue weighted by atomic mass is 16.2. The summed E-state index contributed by atoms with van der Waals surface area (Å²) in [6.45, 7) is 1.15. The highest BCUT2D eigenvalue weighted by Gasteiger charge is 2.23. The average Bonchev–Trinajstić information content (AvgIpc) is 2.42. The normalized spacial score (nSPS) is 18.6. The molecule has 1 fully saturated rings. The Kier molecular flexibility index (Phi) is 4.35. The summed E-state index contributed by atoms with van der Waals surface area (Å²) in [5, 5.41) is 8.07. The van der Waals surface area contributed by atoms with Crippen LogP contribution < -0.4 is 21.7 Å². The van der Waals surface area contributed by atoms with Crippen LogP contribution >= 0.6 is 0 Å². The van der Waals surface area contributed by atoms with Crippen molar-refractivity contribution >= 4 is 17.6 Å². The molecular weight excluding hydrogens is 244 g/mol. The van der Waals surface area contributed by atoms with Crippen molar-refractivity contribution in [3.63, 3.8) is 0 Å². The van der Waals surface area contributed by atoms with Crippen LogP contribution in [0.25, 0.3) is 0 Å². The lowest BCUT2D eigenvalue weighted by molar-refractivity contribution is -0.124. The number of nitrogens with two attached hydrogens (primary N) is 1. The maximum absolute atomic E-state index is 11.8. The van der Waals surface area contributed by atoms with E-state index in [0.29, 0.717) is 25.2 Å². The van der Waals surface area contributed by atoms with E-state index in [2.05, 4.69) is 16.0 Å². The van der Waals surface area contributed by atoms with E-state index in [-0.39, 0.29) is 11.9 Å². The van der Waals surface area contributed by atoms with Crippen LogP contribution in [0.3, 0.4) is 0 Å². The third kappa shape index (κ3) is 3.69. The number of amides is 3. The number of anilines is 1. The summed E-state index contributed by atoms with van der Waals surface area (Å²) in [6.07, 6.45) is 1.55. The first-order valence-electron chi connectivity index (χ1n) is 6.33. The van der Waals surface area contributed by atoms with Crippen molar-refractivity contribution in [3.8, 4) is 0 Å². The van der Waals surface area contributed by atoms with E-state index >= 15 is 0 Å². The van der Waals surface area contributed by atoms with E-state index < -0.39 is 6.04 Å². The Balaban J connectivity index is 1.87. The number of rotatable bonds is 3. The van der Waals surface area contributed by atoms with Crippen LogP contribution in [0, 0.1) is 0 Å². The minimum absolute atomic E-state index is 0.125. The van der Waals surface area contributed by atoms with Crippen LogP contribution in [0.2, 0.25) is 0 Å². The van der Waals surface area contributed by atoms with Crippen molar-refractivity contribution in [1.82, 2.24) is 10.6 Å². The number of hydrogen-bond donors (Lipinski definition) is 4. The second-order valence-corrected chi connectivity index (χ2v) is 4.49. The van der Waals surface area contributed by atoms with Gasteiger partial charge in [0.05, 0.1) is 0 Å². The van der Waals surface area contributed by atoms with Gasteiger partial charge in [0.1, 0.15) is 6.04 Å². The lowest BCUT2D eigenvalue weighted by Crippen LogP contribution is -2.51. The second kappa shape index (κ2) is 6.19. The average molecular weight is 262 g/mol. The Morgan fingerprint density at radius 1 is 1.37 bits per heavy atom. The van der Waals surface area contributed by atoms with Crippen LogP contribution in [-0.4, -0.2) is 24.5 Å². The molecule has 0 aromatic heterocycles. The molecule has 1 saturated heterocycles. The van der Waals surface area contributed by atoms with Crippen molar-refractivity contribution in [1.29, 1.82) is 0 Å². The fourth-order valence-corrected chi connectivity index (χ4v) is 1.96. The van der Waals surface area contributed by atoms with Gasteiger partial charge in [0.15, 0.2) is 0 Å². The van der Waals surface area contributed by atoms with Gasteiger partial charge in [-0.05, 0) is 30.5 Å². The number of carbonyl (C=O) groups excluding carboxylic acids is 2. The quantitative estimate of drug-likeness (QED) is 0.640. The van der Waals surface area contributed by atoms with E-state index in [1.807, 2.05) is 12.1 Å². The lowest BCUT2D eigenvalue weighted by atomic mass is 10.1. The fourth-order valence-electron chi connectivity index (χ4n) is 1.96. The molecule has 6 nitrogen and oxygen atoms in total. The maximum atomic E-state index is 11.8. The summed E-state index contributed by atoms with van der Waals surface area (Å²) >= 11 is 0. The molecular formula is C13H18N4O2. The Morgan fingerprint density at radius 3 is 2.74 bits per heavy atom. The van der Waals surface area contributed by atoms with E-state index in [1.165, 1.54) is 0 Å². The Bertz CT molecular complexity index is 458. The molecule has 0 spiro atoms. The van der Waals surface area contributed by atoms with Crippen LogP contribution in [0.4, 0.5) is 10.5 Å². The molecule has 6 heteroatoms. The SMILES string of the molecule is NCc1ccc(NC(=O)NC2CCCNC2=O)cc1. The molecule has 0 aliphatic carbocycles. The summed E-state index contributed by atoms with van der Waals surface area (Å²) in [7, 11) is 0. The predicted molar refractivity (Wildman–Crippen MR) is 72.5 cm³/mol. The highest BCUT2D eigenvalue weighted by Crippen LogP contribution is 2.09. The number of piperidine rings is 1. The number of benzene rings is 1. The molecule has 3 amide bonds. The fraction of sp³-hybridized carbons (Fsp3) is 0.385. The zero-order chi connectivity index (χ0) is 13.7. The summed E-state index contributed by atoms with van der Waals surface area (Å²) in [6, 6.07) is 6.44. The number of urea groups is 1. The second-order valence-electron chi connectivity index (χ2n) is 4.49. The molecule has 19 heavy (non-hydrogen) atoms. The Labute approximate surface area is 111 Å². The van der Waals surface area contributed by atoms with E-state index in [0.717, 1.165) is 12.0 Å². The molecule has 1 aliphatic rings. The van der Waals surface area contributed by atoms with Crippen molar-refractivity contribution in [3.05, 3.63) is 29.8 Å². The third-order valence-corrected chi connectivity index (χ3v) is 3.04. The van der Waals surface area contributed by atoms with Crippen LogP contribution in [0.1, 0.15) is 18.4 Å². The molecule has 1 aromatic rings. The Hall–Kier alpha value is -2.08. The molecule has 1 aromatic carbocycles. The van der Waals surface area contributed by atoms with Gasteiger partial charge in [-0.1, -0.05) is 12.1 Å². The molecule has 1 unspecified atom stereocenters. The molecule has 1 heterocycles. The number of carbonyl (C=O) groups is 2. The maximum Gasteiger partial charge on any atom is 0.319 e. The minimum atomic E-state index is -0.447.